The molecule has 0 atom stereocenters. The summed E-state index contributed by atoms with van der Waals surface area (Å²) in [5.74, 6) is -0.672. The minimum Gasteiger partial charge on any atom is -0.347 e. The fourth-order valence-electron chi connectivity index (χ4n) is 2.50. The Kier molecular flexibility index (Phi) is 6.34. The highest BCUT2D eigenvalue weighted by Crippen LogP contribution is 2.19. The number of hydrogen-bond acceptors (Lipinski definition) is 4. The fraction of sp³-hybridized carbons (Fsp3) is 0.136. The summed E-state index contributed by atoms with van der Waals surface area (Å²) in [6.07, 6.45) is 5.08. The number of amides is 2. The molecule has 2 aromatic heterocycles. The standard InChI is InChI=1S/C22H21N3O2S/c1-15-5-7-18(8-6-15)21(26)25-19(12-20-16(2)9-11-28-20)22(27)24-14-17-4-3-10-23-13-17/h3-13H,14H2,1-2H3,(H,24,27)(H,25,26)/b19-12-. The predicted molar refractivity (Wildman–Crippen MR) is 112 cm³/mol. The van der Waals surface area contributed by atoms with Gasteiger partial charge in [-0.05, 0) is 60.7 Å². The first-order valence-electron chi connectivity index (χ1n) is 8.84. The van der Waals surface area contributed by atoms with E-state index in [0.29, 0.717) is 12.1 Å². The molecule has 0 spiro atoms. The van der Waals surface area contributed by atoms with Crippen molar-refractivity contribution < 1.29 is 9.59 Å². The zero-order valence-corrected chi connectivity index (χ0v) is 16.5. The zero-order chi connectivity index (χ0) is 19.9. The van der Waals surface area contributed by atoms with E-state index >= 15 is 0 Å². The van der Waals surface area contributed by atoms with E-state index in [4.69, 9.17) is 0 Å². The Labute approximate surface area is 168 Å². The fourth-order valence-corrected chi connectivity index (χ4v) is 3.36. The van der Waals surface area contributed by atoms with Gasteiger partial charge in [0.05, 0.1) is 0 Å². The van der Waals surface area contributed by atoms with Crippen molar-refractivity contribution in [2.24, 2.45) is 0 Å². The van der Waals surface area contributed by atoms with Crippen LogP contribution in [-0.4, -0.2) is 16.8 Å². The van der Waals surface area contributed by atoms with E-state index in [9.17, 15) is 9.59 Å². The minimum atomic E-state index is -0.350. The van der Waals surface area contributed by atoms with Gasteiger partial charge in [-0.15, -0.1) is 11.3 Å². The minimum absolute atomic E-state index is 0.208. The third-order valence-electron chi connectivity index (χ3n) is 4.16. The van der Waals surface area contributed by atoms with Crippen LogP contribution >= 0.6 is 11.3 Å². The molecule has 0 radical (unpaired) electrons. The second-order valence-electron chi connectivity index (χ2n) is 6.39. The molecule has 2 amide bonds. The number of benzene rings is 1. The summed E-state index contributed by atoms with van der Waals surface area (Å²) in [5.41, 5.74) is 3.70. The lowest BCUT2D eigenvalue weighted by atomic mass is 10.1. The molecular weight excluding hydrogens is 370 g/mol. The summed E-state index contributed by atoms with van der Waals surface area (Å²) in [5, 5.41) is 7.55. The molecule has 142 valence electrons. The van der Waals surface area contributed by atoms with Gasteiger partial charge in [0.15, 0.2) is 0 Å². The Morgan fingerprint density at radius 1 is 1.11 bits per heavy atom. The molecule has 0 aliphatic rings. The van der Waals surface area contributed by atoms with Crippen molar-refractivity contribution in [1.29, 1.82) is 0 Å². The van der Waals surface area contributed by atoms with Gasteiger partial charge in [0.1, 0.15) is 5.70 Å². The van der Waals surface area contributed by atoms with Crippen LogP contribution in [0.15, 0.2) is 65.9 Å². The molecule has 0 unspecified atom stereocenters. The van der Waals surface area contributed by atoms with Gasteiger partial charge in [-0.25, -0.2) is 0 Å². The highest BCUT2D eigenvalue weighted by molar-refractivity contribution is 7.11. The average molecular weight is 391 g/mol. The third-order valence-corrected chi connectivity index (χ3v) is 5.13. The van der Waals surface area contributed by atoms with Crippen molar-refractivity contribution in [2.75, 3.05) is 0 Å². The SMILES string of the molecule is Cc1ccc(C(=O)N/C(=C\c2sccc2C)C(=O)NCc2cccnc2)cc1. The monoisotopic (exact) mass is 391 g/mol. The van der Waals surface area contributed by atoms with Crippen LogP contribution in [0.4, 0.5) is 0 Å². The highest BCUT2D eigenvalue weighted by Gasteiger charge is 2.15. The maximum absolute atomic E-state index is 12.8. The number of carbonyl (C=O) groups is 2. The van der Waals surface area contributed by atoms with E-state index in [1.807, 2.05) is 49.6 Å². The average Bonchev–Trinajstić information content (AvgIpc) is 3.11. The molecule has 3 aromatic rings. The first-order valence-corrected chi connectivity index (χ1v) is 9.72. The van der Waals surface area contributed by atoms with Crippen LogP contribution in [0, 0.1) is 13.8 Å². The number of nitrogens with zero attached hydrogens (tertiary/aromatic N) is 1. The van der Waals surface area contributed by atoms with Crippen molar-refractivity contribution >= 4 is 29.2 Å². The van der Waals surface area contributed by atoms with Crippen molar-refractivity contribution in [2.45, 2.75) is 20.4 Å². The summed E-state index contributed by atoms with van der Waals surface area (Å²) in [6.45, 7) is 4.25. The summed E-state index contributed by atoms with van der Waals surface area (Å²) in [7, 11) is 0. The third kappa shape index (κ3) is 5.14. The maximum atomic E-state index is 12.8. The van der Waals surface area contributed by atoms with E-state index in [1.165, 1.54) is 11.3 Å². The predicted octanol–water partition coefficient (Wildman–Crippen LogP) is 3.85. The first kappa shape index (κ1) is 19.5. The molecule has 3 rings (SSSR count). The zero-order valence-electron chi connectivity index (χ0n) is 15.7. The molecule has 0 saturated heterocycles. The molecule has 0 aliphatic carbocycles. The first-order chi connectivity index (χ1) is 13.5. The molecule has 2 heterocycles. The van der Waals surface area contributed by atoms with Crippen LogP contribution in [0.5, 0.6) is 0 Å². The molecule has 0 saturated carbocycles. The van der Waals surface area contributed by atoms with Gasteiger partial charge in [-0.2, -0.15) is 0 Å². The molecule has 0 aliphatic heterocycles. The molecule has 6 heteroatoms. The molecule has 5 nitrogen and oxygen atoms in total. The van der Waals surface area contributed by atoms with Crippen LogP contribution in [0.25, 0.3) is 6.08 Å². The highest BCUT2D eigenvalue weighted by atomic mass is 32.1. The number of aryl methyl sites for hydroxylation is 2. The smallest absolute Gasteiger partial charge is 0.268 e. The van der Waals surface area contributed by atoms with Crippen molar-refractivity contribution in [3.05, 3.63) is 93.1 Å². The second-order valence-corrected chi connectivity index (χ2v) is 7.34. The number of pyridine rings is 1. The van der Waals surface area contributed by atoms with Gasteiger partial charge in [-0.1, -0.05) is 23.8 Å². The molecule has 0 bridgehead atoms. The molecular formula is C22H21N3O2S. The lowest BCUT2D eigenvalue weighted by Gasteiger charge is -2.11. The molecule has 28 heavy (non-hydrogen) atoms. The van der Waals surface area contributed by atoms with Crippen LogP contribution in [-0.2, 0) is 11.3 Å². The van der Waals surface area contributed by atoms with Gasteiger partial charge in [0.2, 0.25) is 0 Å². The summed E-state index contributed by atoms with van der Waals surface area (Å²) in [6, 6.07) is 12.9. The van der Waals surface area contributed by atoms with Crippen LogP contribution in [0.1, 0.15) is 31.9 Å². The van der Waals surface area contributed by atoms with Crippen molar-refractivity contribution in [3.63, 3.8) is 0 Å². The Hall–Kier alpha value is -3.25. The van der Waals surface area contributed by atoms with Crippen molar-refractivity contribution in [1.82, 2.24) is 15.6 Å². The normalized spacial score (nSPS) is 11.1. The van der Waals surface area contributed by atoms with Gasteiger partial charge < -0.3 is 10.6 Å². The number of nitrogens with one attached hydrogen (secondary N) is 2. The van der Waals surface area contributed by atoms with Crippen LogP contribution in [0.2, 0.25) is 0 Å². The summed E-state index contributed by atoms with van der Waals surface area (Å²) < 4.78 is 0. The van der Waals surface area contributed by atoms with Gasteiger partial charge in [0, 0.05) is 29.4 Å². The van der Waals surface area contributed by atoms with E-state index in [-0.39, 0.29) is 17.5 Å². The molecule has 2 N–H and O–H groups in total. The second kappa shape index (κ2) is 9.10. The Morgan fingerprint density at radius 2 is 1.89 bits per heavy atom. The number of hydrogen-bond donors (Lipinski definition) is 2. The van der Waals surface area contributed by atoms with Crippen LogP contribution in [0.3, 0.4) is 0 Å². The number of rotatable bonds is 6. The van der Waals surface area contributed by atoms with Crippen LogP contribution < -0.4 is 10.6 Å². The van der Waals surface area contributed by atoms with Gasteiger partial charge in [-0.3, -0.25) is 14.6 Å². The number of thiophene rings is 1. The number of aromatic nitrogens is 1. The lowest BCUT2D eigenvalue weighted by Crippen LogP contribution is -2.34. The Balaban J connectivity index is 1.79. The summed E-state index contributed by atoms with van der Waals surface area (Å²) >= 11 is 1.52. The van der Waals surface area contributed by atoms with E-state index in [0.717, 1.165) is 21.6 Å². The van der Waals surface area contributed by atoms with E-state index in [1.54, 1.807) is 30.6 Å². The largest absolute Gasteiger partial charge is 0.347 e. The van der Waals surface area contributed by atoms with E-state index < -0.39 is 0 Å². The maximum Gasteiger partial charge on any atom is 0.268 e. The van der Waals surface area contributed by atoms with Gasteiger partial charge >= 0.3 is 0 Å². The lowest BCUT2D eigenvalue weighted by molar-refractivity contribution is -0.117. The molecule has 0 fully saturated rings. The van der Waals surface area contributed by atoms with Crippen molar-refractivity contribution in [3.8, 4) is 0 Å². The topological polar surface area (TPSA) is 71.1 Å². The quantitative estimate of drug-likeness (QED) is 0.627. The number of carbonyl (C=O) groups excluding carboxylic acids is 2. The Morgan fingerprint density at radius 3 is 2.54 bits per heavy atom. The summed E-state index contributed by atoms with van der Waals surface area (Å²) in [4.78, 5) is 30.4. The van der Waals surface area contributed by atoms with Gasteiger partial charge in [0.25, 0.3) is 11.8 Å². The van der Waals surface area contributed by atoms with E-state index in [2.05, 4.69) is 15.6 Å². The Bertz CT molecular complexity index is 992. The molecule has 1 aromatic carbocycles.